The molecule has 0 N–H and O–H groups in total. The van der Waals surface area contributed by atoms with Crippen LogP contribution in [0.15, 0.2) is 40.9 Å². The Morgan fingerprint density at radius 2 is 1.81 bits per heavy atom. The number of anilines is 1. The summed E-state index contributed by atoms with van der Waals surface area (Å²) in [6.45, 7) is 4.92. The summed E-state index contributed by atoms with van der Waals surface area (Å²) in [5.41, 5.74) is 3.41. The van der Waals surface area contributed by atoms with Crippen LogP contribution in [0.4, 0.5) is 5.69 Å². The Kier molecular flexibility index (Phi) is 5.37. The van der Waals surface area contributed by atoms with Crippen molar-refractivity contribution in [2.45, 2.75) is 13.8 Å². The lowest BCUT2D eigenvalue weighted by Gasteiger charge is -2.19. The van der Waals surface area contributed by atoms with E-state index in [1.807, 2.05) is 47.4 Å². The zero-order chi connectivity index (χ0) is 18.8. The van der Waals surface area contributed by atoms with Crippen molar-refractivity contribution in [3.63, 3.8) is 0 Å². The van der Waals surface area contributed by atoms with Crippen LogP contribution in [0, 0.1) is 5.92 Å². The van der Waals surface area contributed by atoms with Gasteiger partial charge in [-0.15, -0.1) is 0 Å². The summed E-state index contributed by atoms with van der Waals surface area (Å²) < 4.78 is 11.6. The van der Waals surface area contributed by atoms with Crippen LogP contribution in [0.5, 0.6) is 11.5 Å². The van der Waals surface area contributed by atoms with E-state index in [0.717, 1.165) is 21.3 Å². The van der Waals surface area contributed by atoms with Gasteiger partial charge in [0.1, 0.15) is 11.5 Å². The average Bonchev–Trinajstić information content (AvgIpc) is 2.87. The Hall–Kier alpha value is -2.27. The number of nitrogens with zero attached hydrogens (tertiary/aromatic N) is 1. The number of ether oxygens (including phenoxy) is 2. The number of amides is 1. The van der Waals surface area contributed by atoms with Gasteiger partial charge in [0.25, 0.3) is 5.91 Å². The van der Waals surface area contributed by atoms with E-state index < -0.39 is 0 Å². The molecule has 0 atom stereocenters. The molecule has 5 heteroatoms. The Morgan fingerprint density at radius 1 is 1.12 bits per heavy atom. The van der Waals surface area contributed by atoms with E-state index in [1.54, 1.807) is 14.2 Å². The smallest absolute Gasteiger partial charge is 0.259 e. The van der Waals surface area contributed by atoms with E-state index in [2.05, 4.69) is 29.8 Å². The van der Waals surface area contributed by atoms with Gasteiger partial charge in [0, 0.05) is 29.3 Å². The first-order valence-electron chi connectivity index (χ1n) is 8.50. The largest absolute Gasteiger partial charge is 0.496 e. The third-order valence-electron chi connectivity index (χ3n) is 4.31. The maximum atomic E-state index is 13.1. The highest BCUT2D eigenvalue weighted by atomic mass is 79.9. The molecule has 0 unspecified atom stereocenters. The van der Waals surface area contributed by atoms with Crippen LogP contribution < -0.4 is 14.4 Å². The fourth-order valence-corrected chi connectivity index (χ4v) is 3.67. The van der Waals surface area contributed by atoms with Gasteiger partial charge in [-0.2, -0.15) is 0 Å². The molecular weight excluding hydrogens is 394 g/mol. The third-order valence-corrected chi connectivity index (χ3v) is 4.93. The lowest BCUT2D eigenvalue weighted by Crippen LogP contribution is -2.30. The van der Waals surface area contributed by atoms with Crippen LogP contribution >= 0.6 is 15.9 Å². The van der Waals surface area contributed by atoms with Crippen molar-refractivity contribution < 1.29 is 14.3 Å². The van der Waals surface area contributed by atoms with Crippen molar-refractivity contribution in [2.24, 2.45) is 5.92 Å². The van der Waals surface area contributed by atoms with E-state index in [-0.39, 0.29) is 5.91 Å². The van der Waals surface area contributed by atoms with Gasteiger partial charge < -0.3 is 14.4 Å². The number of hydrogen-bond donors (Lipinski definition) is 0. The molecule has 3 rings (SSSR count). The number of carbonyl (C=O) groups is 1. The van der Waals surface area contributed by atoms with Crippen molar-refractivity contribution in [3.8, 4) is 11.5 Å². The number of halogens is 1. The van der Waals surface area contributed by atoms with Crippen LogP contribution in [0.2, 0.25) is 0 Å². The molecule has 0 saturated heterocycles. The Bertz CT molecular complexity index is 874. The number of carbonyl (C=O) groups excluding carboxylic acids is 1. The second-order valence-corrected chi connectivity index (χ2v) is 7.47. The summed E-state index contributed by atoms with van der Waals surface area (Å²) in [5, 5.41) is 0. The van der Waals surface area contributed by atoms with Gasteiger partial charge in [0.05, 0.1) is 24.4 Å². The normalized spacial score (nSPS) is 14.9. The molecule has 1 amide bonds. The fraction of sp³-hybridized carbons (Fsp3) is 0.286. The topological polar surface area (TPSA) is 38.8 Å². The predicted octanol–water partition coefficient (Wildman–Crippen LogP) is 5.01. The summed E-state index contributed by atoms with van der Waals surface area (Å²) in [4.78, 5) is 14.9. The van der Waals surface area contributed by atoms with Crippen molar-refractivity contribution >= 4 is 39.2 Å². The third kappa shape index (κ3) is 3.36. The van der Waals surface area contributed by atoms with Crippen molar-refractivity contribution in [1.82, 2.24) is 0 Å². The highest BCUT2D eigenvalue weighted by Crippen LogP contribution is 2.40. The Balaban J connectivity index is 2.12. The minimum atomic E-state index is 0.0221. The monoisotopic (exact) mass is 415 g/mol. The quantitative estimate of drug-likeness (QED) is 0.644. The summed E-state index contributed by atoms with van der Waals surface area (Å²) in [6, 6.07) is 11.6. The minimum Gasteiger partial charge on any atom is -0.496 e. The maximum absolute atomic E-state index is 13.1. The minimum absolute atomic E-state index is 0.0221. The second-order valence-electron chi connectivity index (χ2n) is 6.61. The van der Waals surface area contributed by atoms with Gasteiger partial charge in [0.2, 0.25) is 0 Å². The molecule has 26 heavy (non-hydrogen) atoms. The van der Waals surface area contributed by atoms with Crippen LogP contribution in [0.3, 0.4) is 0 Å². The molecule has 136 valence electrons. The zero-order valence-corrected chi connectivity index (χ0v) is 17.0. The number of methoxy groups -OCH3 is 2. The highest BCUT2D eigenvalue weighted by molar-refractivity contribution is 9.10. The molecule has 0 saturated carbocycles. The molecule has 1 aliphatic rings. The van der Waals surface area contributed by atoms with Crippen molar-refractivity contribution in [1.29, 1.82) is 0 Å². The summed E-state index contributed by atoms with van der Waals surface area (Å²) >= 11 is 3.51. The predicted molar refractivity (Wildman–Crippen MR) is 109 cm³/mol. The van der Waals surface area contributed by atoms with Gasteiger partial charge in [0.15, 0.2) is 0 Å². The van der Waals surface area contributed by atoms with Gasteiger partial charge >= 0.3 is 0 Å². The molecule has 0 spiro atoms. The first-order chi connectivity index (χ1) is 12.5. The molecule has 0 aromatic heterocycles. The van der Waals surface area contributed by atoms with E-state index in [4.69, 9.17) is 9.47 Å². The maximum Gasteiger partial charge on any atom is 0.259 e. The molecule has 2 aromatic rings. The second kappa shape index (κ2) is 7.54. The van der Waals surface area contributed by atoms with Gasteiger partial charge in [-0.1, -0.05) is 32.0 Å². The number of hydrogen-bond acceptors (Lipinski definition) is 3. The van der Waals surface area contributed by atoms with Gasteiger partial charge in [-0.25, -0.2) is 0 Å². The summed E-state index contributed by atoms with van der Waals surface area (Å²) in [5.74, 6) is 1.75. The van der Waals surface area contributed by atoms with E-state index in [1.165, 1.54) is 0 Å². The van der Waals surface area contributed by atoms with Crippen LogP contribution in [0.25, 0.3) is 11.6 Å². The standard InChI is InChI=1S/C21H22BrNO3/c1-13(2)12-23-18-8-6-5-7-15(18)16(21(23)24)9-14-10-17(22)20(26-4)11-19(14)25-3/h5-11,13H,12H2,1-4H3/b16-9-. The Labute approximate surface area is 162 Å². The van der Waals surface area contributed by atoms with E-state index in [0.29, 0.717) is 29.5 Å². The van der Waals surface area contributed by atoms with Gasteiger partial charge in [-0.05, 0) is 40.1 Å². The molecule has 0 fully saturated rings. The van der Waals surface area contributed by atoms with E-state index in [9.17, 15) is 4.79 Å². The molecule has 0 bridgehead atoms. The zero-order valence-electron chi connectivity index (χ0n) is 15.4. The van der Waals surface area contributed by atoms with Crippen molar-refractivity contribution in [2.75, 3.05) is 25.7 Å². The van der Waals surface area contributed by atoms with Crippen LogP contribution in [0.1, 0.15) is 25.0 Å². The van der Waals surface area contributed by atoms with Gasteiger partial charge in [-0.3, -0.25) is 4.79 Å². The molecule has 0 aliphatic carbocycles. The molecule has 1 aliphatic heterocycles. The SMILES string of the molecule is COc1cc(OC)c(/C=C2\C(=O)N(CC(C)C)c3ccccc32)cc1Br. The molecular formula is C21H22BrNO3. The first kappa shape index (κ1) is 18.5. The van der Waals surface area contributed by atoms with E-state index >= 15 is 0 Å². The number of para-hydroxylation sites is 1. The highest BCUT2D eigenvalue weighted by Gasteiger charge is 2.32. The Morgan fingerprint density at radius 3 is 2.46 bits per heavy atom. The molecule has 0 radical (unpaired) electrons. The molecule has 1 heterocycles. The fourth-order valence-electron chi connectivity index (χ4n) is 3.14. The van der Waals surface area contributed by atoms with Crippen LogP contribution in [-0.4, -0.2) is 26.7 Å². The lowest BCUT2D eigenvalue weighted by atomic mass is 10.0. The van der Waals surface area contributed by atoms with Crippen molar-refractivity contribution in [3.05, 3.63) is 52.0 Å². The summed E-state index contributed by atoms with van der Waals surface area (Å²) in [7, 11) is 3.22. The lowest BCUT2D eigenvalue weighted by molar-refractivity contribution is -0.113. The summed E-state index contributed by atoms with van der Waals surface area (Å²) in [6.07, 6.45) is 1.89. The average molecular weight is 416 g/mol. The molecule has 2 aromatic carbocycles. The first-order valence-corrected chi connectivity index (χ1v) is 9.30. The number of benzene rings is 2. The van der Waals surface area contributed by atoms with Crippen LogP contribution in [-0.2, 0) is 4.79 Å². The molecule has 4 nitrogen and oxygen atoms in total. The number of rotatable bonds is 5. The number of fused-ring (bicyclic) bond motifs is 1.